The molecule has 2 fully saturated rings. The number of carbonyl (C=O) groups excluding carboxylic acids is 1. The standard InChI is InChI=1S/C22H29NO6S/c1-13-10-19(24)22(2)9-8-17-16-7-5-15(11-14(16)4-6-18(17)21(13)22)23(30(26,27)28)20(25)12-29-3/h5,7,11,17-19,21,24H,1,4,6,8-10,12H2,2-3H3,(H,26,27,28)/t17?,18?,19-,21+,22-/m1/s1. The van der Waals surface area contributed by atoms with E-state index in [1.807, 2.05) is 6.07 Å². The summed E-state index contributed by atoms with van der Waals surface area (Å²) in [5, 5.41) is 10.6. The summed E-state index contributed by atoms with van der Waals surface area (Å²) < 4.78 is 38.4. The van der Waals surface area contributed by atoms with Gasteiger partial charge in [-0.3, -0.25) is 9.35 Å². The molecule has 0 aromatic heterocycles. The first-order valence-electron chi connectivity index (χ1n) is 10.4. The van der Waals surface area contributed by atoms with Crippen LogP contribution in [0.4, 0.5) is 5.69 Å². The van der Waals surface area contributed by atoms with Crippen LogP contribution in [0.2, 0.25) is 0 Å². The maximum absolute atomic E-state index is 12.2. The highest BCUT2D eigenvalue weighted by molar-refractivity contribution is 7.88. The van der Waals surface area contributed by atoms with Crippen molar-refractivity contribution in [3.63, 3.8) is 0 Å². The number of aliphatic hydroxyl groups is 1. The highest BCUT2D eigenvalue weighted by Crippen LogP contribution is 2.62. The molecule has 1 aromatic carbocycles. The van der Waals surface area contributed by atoms with Gasteiger partial charge in [0.2, 0.25) is 0 Å². The summed E-state index contributed by atoms with van der Waals surface area (Å²) in [5.41, 5.74) is 3.31. The number of hydrogen-bond donors (Lipinski definition) is 2. The lowest BCUT2D eigenvalue weighted by Crippen LogP contribution is -2.44. The van der Waals surface area contributed by atoms with E-state index in [0.29, 0.717) is 22.6 Å². The van der Waals surface area contributed by atoms with Crippen LogP contribution < -0.4 is 4.31 Å². The lowest BCUT2D eigenvalue weighted by atomic mass is 9.55. The second-order valence-corrected chi connectivity index (χ2v) is 10.4. The number of carbonyl (C=O) groups is 1. The van der Waals surface area contributed by atoms with Crippen LogP contribution in [0, 0.1) is 17.3 Å². The summed E-state index contributed by atoms with van der Waals surface area (Å²) in [5.74, 6) is 0.159. The molecule has 3 aliphatic carbocycles. The smallest absolute Gasteiger partial charge is 0.366 e. The van der Waals surface area contributed by atoms with Gasteiger partial charge in [0.05, 0.1) is 11.8 Å². The van der Waals surface area contributed by atoms with Gasteiger partial charge in [-0.15, -0.1) is 0 Å². The minimum absolute atomic E-state index is 0.121. The molecule has 164 valence electrons. The van der Waals surface area contributed by atoms with Crippen LogP contribution in [-0.2, 0) is 26.3 Å². The molecule has 1 aromatic rings. The molecule has 2 N–H and O–H groups in total. The summed E-state index contributed by atoms with van der Waals surface area (Å²) in [6, 6.07) is 5.16. The molecule has 0 saturated heterocycles. The predicted molar refractivity (Wildman–Crippen MR) is 112 cm³/mol. The van der Waals surface area contributed by atoms with Crippen LogP contribution in [0.15, 0.2) is 30.4 Å². The average Bonchev–Trinajstić information content (AvgIpc) is 2.89. The van der Waals surface area contributed by atoms with Crippen LogP contribution in [0.1, 0.15) is 49.7 Å². The van der Waals surface area contributed by atoms with E-state index in [1.54, 1.807) is 12.1 Å². The van der Waals surface area contributed by atoms with Crippen LogP contribution in [0.3, 0.4) is 0 Å². The van der Waals surface area contributed by atoms with E-state index in [9.17, 15) is 22.9 Å². The van der Waals surface area contributed by atoms with Crippen LogP contribution in [0.5, 0.6) is 0 Å². The molecular formula is C22H29NO6S. The largest absolute Gasteiger partial charge is 0.392 e. The molecule has 0 bridgehead atoms. The molecule has 4 rings (SSSR count). The van der Waals surface area contributed by atoms with Crippen molar-refractivity contribution in [1.29, 1.82) is 0 Å². The summed E-state index contributed by atoms with van der Waals surface area (Å²) >= 11 is 0. The highest BCUT2D eigenvalue weighted by atomic mass is 32.2. The number of nitrogens with zero attached hydrogens (tertiary/aromatic N) is 1. The number of amides is 1. The number of ether oxygens (including phenoxy) is 1. The van der Waals surface area contributed by atoms with Crippen molar-refractivity contribution in [3.8, 4) is 0 Å². The van der Waals surface area contributed by atoms with Gasteiger partial charge in [0, 0.05) is 12.5 Å². The van der Waals surface area contributed by atoms with Crippen molar-refractivity contribution in [1.82, 2.24) is 0 Å². The number of aliphatic hydroxyl groups excluding tert-OH is 1. The zero-order valence-electron chi connectivity index (χ0n) is 17.4. The third-order valence-corrected chi connectivity index (χ3v) is 8.41. The number of fused-ring (bicyclic) bond motifs is 5. The summed E-state index contributed by atoms with van der Waals surface area (Å²) in [6.07, 6.45) is 3.88. The first-order valence-corrected chi connectivity index (χ1v) is 11.8. The first-order chi connectivity index (χ1) is 14.1. The Labute approximate surface area is 177 Å². The van der Waals surface area contributed by atoms with Gasteiger partial charge in [-0.05, 0) is 73.1 Å². The Morgan fingerprint density at radius 3 is 2.77 bits per heavy atom. The molecule has 2 unspecified atom stereocenters. The second-order valence-electron chi connectivity index (χ2n) is 9.16. The zero-order valence-corrected chi connectivity index (χ0v) is 18.2. The van der Waals surface area contributed by atoms with Crippen molar-refractivity contribution < 1.29 is 27.6 Å². The minimum atomic E-state index is -4.76. The molecule has 7 nitrogen and oxygen atoms in total. The van der Waals surface area contributed by atoms with Crippen LogP contribution in [-0.4, -0.2) is 43.8 Å². The maximum Gasteiger partial charge on any atom is 0.366 e. The fourth-order valence-electron chi connectivity index (χ4n) is 6.27. The van der Waals surface area contributed by atoms with Gasteiger partial charge in [-0.2, -0.15) is 12.7 Å². The van der Waals surface area contributed by atoms with E-state index in [-0.39, 0.29) is 23.1 Å². The average molecular weight is 436 g/mol. The fraction of sp³-hybridized carbons (Fsp3) is 0.591. The van der Waals surface area contributed by atoms with E-state index >= 15 is 0 Å². The zero-order chi connectivity index (χ0) is 21.8. The topological polar surface area (TPSA) is 104 Å². The van der Waals surface area contributed by atoms with Crippen LogP contribution >= 0.6 is 0 Å². The molecule has 0 spiro atoms. The summed E-state index contributed by atoms with van der Waals surface area (Å²) in [4.78, 5) is 12.2. The Morgan fingerprint density at radius 1 is 1.37 bits per heavy atom. The van der Waals surface area contributed by atoms with E-state index < -0.39 is 22.8 Å². The molecular weight excluding hydrogens is 406 g/mol. The highest BCUT2D eigenvalue weighted by Gasteiger charge is 2.56. The number of methoxy groups -OCH3 is 1. The van der Waals surface area contributed by atoms with Crippen molar-refractivity contribution in [2.45, 2.75) is 51.0 Å². The number of benzene rings is 1. The Balaban J connectivity index is 1.68. The Kier molecular flexibility index (Phi) is 5.33. The lowest BCUT2D eigenvalue weighted by Gasteiger charge is -2.50. The fourth-order valence-corrected chi connectivity index (χ4v) is 6.96. The number of aryl methyl sites for hydroxylation is 1. The molecule has 0 heterocycles. The van der Waals surface area contributed by atoms with Gasteiger partial charge in [-0.1, -0.05) is 25.1 Å². The van der Waals surface area contributed by atoms with Gasteiger partial charge in [0.25, 0.3) is 5.91 Å². The third-order valence-electron chi connectivity index (χ3n) is 7.54. The van der Waals surface area contributed by atoms with E-state index in [4.69, 9.17) is 4.74 Å². The quantitative estimate of drug-likeness (QED) is 0.557. The van der Waals surface area contributed by atoms with E-state index in [0.717, 1.165) is 36.8 Å². The summed E-state index contributed by atoms with van der Waals surface area (Å²) in [7, 11) is -3.47. The maximum atomic E-state index is 12.2. The lowest BCUT2D eigenvalue weighted by molar-refractivity contribution is -0.121. The predicted octanol–water partition coefficient (Wildman–Crippen LogP) is 2.85. The normalized spacial score (nSPS) is 32.9. The SMILES string of the molecule is C=C1C[C@@H](O)[C@@]2(C)CCC3c4ccc(N(C(=O)COC)S(=O)(=O)O)cc4CCC3[C@H]12. The molecule has 8 heteroatoms. The molecule has 5 atom stereocenters. The van der Waals surface area contributed by atoms with E-state index in [1.165, 1.54) is 12.7 Å². The van der Waals surface area contributed by atoms with Gasteiger partial charge < -0.3 is 9.84 Å². The third kappa shape index (κ3) is 3.30. The number of anilines is 1. The van der Waals surface area contributed by atoms with Gasteiger partial charge in [0.15, 0.2) is 0 Å². The number of hydrogen-bond acceptors (Lipinski definition) is 5. The first kappa shape index (κ1) is 21.5. The Bertz CT molecular complexity index is 989. The monoisotopic (exact) mass is 435 g/mol. The van der Waals surface area contributed by atoms with Crippen molar-refractivity contribution in [3.05, 3.63) is 41.5 Å². The second kappa shape index (κ2) is 7.44. The Morgan fingerprint density at radius 2 is 2.10 bits per heavy atom. The van der Waals surface area contributed by atoms with Crippen molar-refractivity contribution >= 4 is 21.9 Å². The molecule has 0 aliphatic heterocycles. The van der Waals surface area contributed by atoms with Gasteiger partial charge >= 0.3 is 10.3 Å². The Hall–Kier alpha value is -1.74. The molecule has 2 saturated carbocycles. The molecule has 1 amide bonds. The van der Waals surface area contributed by atoms with Gasteiger partial charge in [0.1, 0.15) is 6.61 Å². The molecule has 0 radical (unpaired) electrons. The van der Waals surface area contributed by atoms with Crippen molar-refractivity contribution in [2.24, 2.45) is 17.3 Å². The molecule has 3 aliphatic rings. The van der Waals surface area contributed by atoms with Crippen LogP contribution in [0.25, 0.3) is 0 Å². The van der Waals surface area contributed by atoms with E-state index in [2.05, 4.69) is 13.5 Å². The van der Waals surface area contributed by atoms with Crippen molar-refractivity contribution in [2.75, 3.05) is 18.0 Å². The molecule has 30 heavy (non-hydrogen) atoms. The minimum Gasteiger partial charge on any atom is -0.392 e. The number of rotatable bonds is 4. The summed E-state index contributed by atoms with van der Waals surface area (Å²) in [6.45, 7) is 6.00. The van der Waals surface area contributed by atoms with Gasteiger partial charge in [-0.25, -0.2) is 0 Å².